The molecule has 0 radical (unpaired) electrons. The van der Waals surface area contributed by atoms with Crippen LogP contribution in [0.2, 0.25) is 5.02 Å². The van der Waals surface area contributed by atoms with Crippen LogP contribution in [0.25, 0.3) is 0 Å². The molecule has 0 aliphatic heterocycles. The second-order valence-corrected chi connectivity index (χ2v) is 5.38. The molecule has 2 rings (SSSR count). The third kappa shape index (κ3) is 4.73. The highest BCUT2D eigenvalue weighted by atomic mass is 35.5. The van der Waals surface area contributed by atoms with Crippen LogP contribution in [-0.4, -0.2) is 19.0 Å². The minimum atomic E-state index is -4.52. The number of hydrogen-bond acceptors (Lipinski definition) is 4. The molecule has 1 atom stereocenters. The smallest absolute Gasteiger partial charge is 0.416 e. The van der Waals surface area contributed by atoms with Gasteiger partial charge in [0, 0.05) is 10.6 Å². The molecule has 0 saturated carbocycles. The topological polar surface area (TPSA) is 52.6 Å². The van der Waals surface area contributed by atoms with Crippen molar-refractivity contribution >= 4 is 23.5 Å². The van der Waals surface area contributed by atoms with E-state index in [1.54, 1.807) is 12.1 Å². The molecule has 132 valence electrons. The van der Waals surface area contributed by atoms with Crippen molar-refractivity contribution in [1.82, 2.24) is 0 Å². The first-order valence-corrected chi connectivity index (χ1v) is 7.31. The molecular weight excluding hydrogens is 361 g/mol. The Labute approximate surface area is 146 Å². The normalized spacial score (nSPS) is 12.4. The molecule has 0 fully saturated rings. The van der Waals surface area contributed by atoms with Crippen LogP contribution in [0.4, 0.5) is 13.2 Å². The number of esters is 2. The Kier molecular flexibility index (Phi) is 5.69. The van der Waals surface area contributed by atoms with E-state index in [4.69, 9.17) is 16.3 Å². The molecule has 4 nitrogen and oxygen atoms in total. The van der Waals surface area contributed by atoms with Crippen molar-refractivity contribution in [3.8, 4) is 0 Å². The fourth-order valence-corrected chi connectivity index (χ4v) is 2.20. The standard InChI is InChI=1S/C17H12ClF3O4/c1-24-16(23)14(11-3-2-4-13(18)9-11)25-15(22)10-5-7-12(8-6-10)17(19,20)21/h2-9,14H,1H3. The molecule has 0 spiro atoms. The molecule has 2 aromatic rings. The first-order chi connectivity index (χ1) is 11.7. The first-order valence-electron chi connectivity index (χ1n) is 6.94. The van der Waals surface area contributed by atoms with Crippen molar-refractivity contribution in [2.45, 2.75) is 12.3 Å². The van der Waals surface area contributed by atoms with Gasteiger partial charge in [0.2, 0.25) is 6.10 Å². The van der Waals surface area contributed by atoms with Gasteiger partial charge in [0.05, 0.1) is 18.2 Å². The van der Waals surface area contributed by atoms with Crippen LogP contribution in [0.3, 0.4) is 0 Å². The molecule has 25 heavy (non-hydrogen) atoms. The molecule has 0 bridgehead atoms. The predicted octanol–water partition coefficient (Wildman–Crippen LogP) is 4.43. The van der Waals surface area contributed by atoms with Crippen LogP contribution >= 0.6 is 11.6 Å². The molecule has 2 aromatic carbocycles. The second-order valence-electron chi connectivity index (χ2n) is 4.94. The number of halogens is 4. The number of alkyl halides is 3. The molecule has 1 unspecified atom stereocenters. The average Bonchev–Trinajstić information content (AvgIpc) is 2.58. The lowest BCUT2D eigenvalue weighted by Crippen LogP contribution is -2.21. The number of ether oxygens (including phenoxy) is 2. The van der Waals surface area contributed by atoms with Crippen LogP contribution in [0.15, 0.2) is 48.5 Å². The van der Waals surface area contributed by atoms with Crippen molar-refractivity contribution < 1.29 is 32.2 Å². The van der Waals surface area contributed by atoms with Gasteiger partial charge in [-0.25, -0.2) is 9.59 Å². The van der Waals surface area contributed by atoms with Crippen LogP contribution in [0.5, 0.6) is 0 Å². The summed E-state index contributed by atoms with van der Waals surface area (Å²) in [6.07, 6.45) is -5.91. The summed E-state index contributed by atoms with van der Waals surface area (Å²) >= 11 is 5.85. The van der Waals surface area contributed by atoms with Crippen LogP contribution in [-0.2, 0) is 20.4 Å². The summed E-state index contributed by atoms with van der Waals surface area (Å²) in [6, 6.07) is 9.49. The van der Waals surface area contributed by atoms with E-state index in [1.807, 2.05) is 0 Å². The Balaban J connectivity index is 2.24. The number of hydrogen-bond donors (Lipinski definition) is 0. The minimum absolute atomic E-state index is 0.135. The summed E-state index contributed by atoms with van der Waals surface area (Å²) in [5, 5.41) is 0.317. The van der Waals surface area contributed by atoms with Gasteiger partial charge in [-0.1, -0.05) is 23.7 Å². The maximum absolute atomic E-state index is 12.6. The summed E-state index contributed by atoms with van der Waals surface area (Å²) in [5.41, 5.74) is -0.757. The van der Waals surface area contributed by atoms with E-state index in [-0.39, 0.29) is 11.1 Å². The van der Waals surface area contributed by atoms with E-state index in [2.05, 4.69) is 4.74 Å². The summed E-state index contributed by atoms with van der Waals surface area (Å²) in [7, 11) is 1.12. The van der Waals surface area contributed by atoms with E-state index in [9.17, 15) is 22.8 Å². The highest BCUT2D eigenvalue weighted by Crippen LogP contribution is 2.29. The molecule has 0 heterocycles. The van der Waals surface area contributed by atoms with Gasteiger partial charge in [0.15, 0.2) is 0 Å². The number of methoxy groups -OCH3 is 1. The van der Waals surface area contributed by atoms with E-state index in [1.165, 1.54) is 12.1 Å². The van der Waals surface area contributed by atoms with Gasteiger partial charge in [-0.2, -0.15) is 13.2 Å². The van der Waals surface area contributed by atoms with Gasteiger partial charge in [-0.05, 0) is 36.4 Å². The lowest BCUT2D eigenvalue weighted by molar-refractivity contribution is -0.151. The Morgan fingerprint density at radius 1 is 1.08 bits per heavy atom. The zero-order valence-electron chi connectivity index (χ0n) is 12.8. The van der Waals surface area contributed by atoms with Crippen molar-refractivity contribution in [1.29, 1.82) is 0 Å². The summed E-state index contributed by atoms with van der Waals surface area (Å²) in [4.78, 5) is 24.0. The Hall–Kier alpha value is -2.54. The van der Waals surface area contributed by atoms with Crippen molar-refractivity contribution in [2.75, 3.05) is 7.11 Å². The van der Waals surface area contributed by atoms with E-state index in [0.717, 1.165) is 31.4 Å². The van der Waals surface area contributed by atoms with Crippen molar-refractivity contribution in [3.63, 3.8) is 0 Å². The highest BCUT2D eigenvalue weighted by molar-refractivity contribution is 6.30. The van der Waals surface area contributed by atoms with Gasteiger partial charge in [0.25, 0.3) is 0 Å². The molecular formula is C17H12ClF3O4. The SMILES string of the molecule is COC(=O)C(OC(=O)c1ccc(C(F)(F)F)cc1)c1cccc(Cl)c1. The highest BCUT2D eigenvalue weighted by Gasteiger charge is 2.31. The van der Waals surface area contributed by atoms with Crippen molar-refractivity contribution in [2.24, 2.45) is 0 Å². The molecule has 0 N–H and O–H groups in total. The molecule has 0 aliphatic carbocycles. The van der Waals surface area contributed by atoms with Crippen LogP contribution in [0.1, 0.15) is 27.6 Å². The lowest BCUT2D eigenvalue weighted by Gasteiger charge is -2.16. The molecule has 8 heteroatoms. The van der Waals surface area contributed by atoms with E-state index in [0.29, 0.717) is 5.02 Å². The average molecular weight is 373 g/mol. The fourth-order valence-electron chi connectivity index (χ4n) is 2.00. The molecule has 0 aliphatic rings. The largest absolute Gasteiger partial charge is 0.466 e. The summed E-state index contributed by atoms with van der Waals surface area (Å²) in [6.45, 7) is 0. The Morgan fingerprint density at radius 2 is 1.72 bits per heavy atom. The van der Waals surface area contributed by atoms with Gasteiger partial charge in [0.1, 0.15) is 0 Å². The first kappa shape index (κ1) is 18.8. The number of carbonyl (C=O) groups excluding carboxylic acids is 2. The Morgan fingerprint density at radius 3 is 2.24 bits per heavy atom. The van der Waals surface area contributed by atoms with Crippen LogP contribution < -0.4 is 0 Å². The summed E-state index contributed by atoms with van der Waals surface area (Å²) < 4.78 is 47.4. The number of benzene rings is 2. The maximum atomic E-state index is 12.6. The van der Waals surface area contributed by atoms with Gasteiger partial charge in [-0.3, -0.25) is 0 Å². The van der Waals surface area contributed by atoms with Crippen molar-refractivity contribution in [3.05, 3.63) is 70.2 Å². The maximum Gasteiger partial charge on any atom is 0.416 e. The number of rotatable bonds is 4. The van der Waals surface area contributed by atoms with Gasteiger partial charge >= 0.3 is 18.1 Å². The van der Waals surface area contributed by atoms with E-state index >= 15 is 0 Å². The molecule has 0 aromatic heterocycles. The second kappa shape index (κ2) is 7.57. The third-order valence-electron chi connectivity index (χ3n) is 3.24. The molecule has 0 saturated heterocycles. The van der Waals surface area contributed by atoms with Gasteiger partial charge in [-0.15, -0.1) is 0 Å². The zero-order valence-corrected chi connectivity index (χ0v) is 13.6. The number of carbonyl (C=O) groups is 2. The zero-order chi connectivity index (χ0) is 18.6. The van der Waals surface area contributed by atoms with Crippen LogP contribution in [0, 0.1) is 0 Å². The third-order valence-corrected chi connectivity index (χ3v) is 3.47. The fraction of sp³-hybridized carbons (Fsp3) is 0.176. The quantitative estimate of drug-likeness (QED) is 0.745. The lowest BCUT2D eigenvalue weighted by atomic mass is 10.1. The minimum Gasteiger partial charge on any atom is -0.466 e. The van der Waals surface area contributed by atoms with E-state index < -0.39 is 29.8 Å². The Bertz CT molecular complexity index is 772. The van der Waals surface area contributed by atoms with Gasteiger partial charge < -0.3 is 9.47 Å². The summed E-state index contributed by atoms with van der Waals surface area (Å²) in [5.74, 6) is -1.81. The molecule has 0 amide bonds. The predicted molar refractivity (Wildman–Crippen MR) is 83.1 cm³/mol. The monoisotopic (exact) mass is 372 g/mol.